The number of carbonyl (C=O) groups is 2. The highest BCUT2D eigenvalue weighted by molar-refractivity contribution is 5.84. The number of ether oxygens (including phenoxy) is 2. The number of carbonyl (C=O) groups excluding carboxylic acids is 1. The van der Waals surface area contributed by atoms with Gasteiger partial charge in [0.1, 0.15) is 6.61 Å². The SMILES string of the molecule is CCCOCC(=O)NC(COC)C(=O)O. The van der Waals surface area contributed by atoms with Gasteiger partial charge in [-0.3, -0.25) is 4.79 Å². The maximum atomic E-state index is 11.2. The fourth-order valence-corrected chi connectivity index (χ4v) is 0.887. The lowest BCUT2D eigenvalue weighted by molar-refractivity contribution is -0.144. The molecule has 88 valence electrons. The van der Waals surface area contributed by atoms with Gasteiger partial charge >= 0.3 is 5.97 Å². The third-order valence-electron chi connectivity index (χ3n) is 1.55. The molecule has 6 heteroatoms. The predicted molar refractivity (Wildman–Crippen MR) is 52.6 cm³/mol. The Morgan fingerprint density at radius 3 is 2.60 bits per heavy atom. The van der Waals surface area contributed by atoms with Crippen LogP contribution in [0.1, 0.15) is 13.3 Å². The lowest BCUT2D eigenvalue weighted by Crippen LogP contribution is -2.45. The fraction of sp³-hybridized carbons (Fsp3) is 0.778. The Labute approximate surface area is 88.6 Å². The number of nitrogens with one attached hydrogen (secondary N) is 1. The molecule has 0 saturated heterocycles. The van der Waals surface area contributed by atoms with E-state index in [0.29, 0.717) is 6.61 Å². The van der Waals surface area contributed by atoms with Gasteiger partial charge in [0, 0.05) is 13.7 Å². The highest BCUT2D eigenvalue weighted by Crippen LogP contribution is 1.87. The molecule has 0 spiro atoms. The summed E-state index contributed by atoms with van der Waals surface area (Å²) in [6.45, 7) is 2.22. The van der Waals surface area contributed by atoms with Crippen molar-refractivity contribution in [1.82, 2.24) is 5.32 Å². The number of aliphatic carboxylic acids is 1. The van der Waals surface area contributed by atoms with Crippen molar-refractivity contribution in [2.24, 2.45) is 0 Å². The van der Waals surface area contributed by atoms with Gasteiger partial charge < -0.3 is 19.9 Å². The quantitative estimate of drug-likeness (QED) is 0.544. The third-order valence-corrected chi connectivity index (χ3v) is 1.55. The van der Waals surface area contributed by atoms with E-state index < -0.39 is 17.9 Å². The van der Waals surface area contributed by atoms with Crippen molar-refractivity contribution < 1.29 is 24.2 Å². The van der Waals surface area contributed by atoms with Gasteiger partial charge in [0.15, 0.2) is 6.04 Å². The van der Waals surface area contributed by atoms with E-state index in [2.05, 4.69) is 10.1 Å². The van der Waals surface area contributed by atoms with E-state index in [0.717, 1.165) is 6.42 Å². The molecular weight excluding hydrogens is 202 g/mol. The molecule has 0 bridgehead atoms. The second kappa shape index (κ2) is 8.19. The number of hydrogen-bond acceptors (Lipinski definition) is 4. The Balaban J connectivity index is 3.84. The average Bonchev–Trinajstić information content (AvgIpc) is 2.17. The molecule has 0 aromatic rings. The van der Waals surface area contributed by atoms with Crippen LogP contribution in [0, 0.1) is 0 Å². The molecule has 0 aliphatic carbocycles. The molecule has 0 aliphatic heterocycles. The van der Waals surface area contributed by atoms with Crippen LogP contribution in [0.3, 0.4) is 0 Å². The van der Waals surface area contributed by atoms with E-state index in [9.17, 15) is 9.59 Å². The molecule has 0 heterocycles. The van der Waals surface area contributed by atoms with Crippen LogP contribution in [0.15, 0.2) is 0 Å². The summed E-state index contributed by atoms with van der Waals surface area (Å²) in [5.74, 6) is -1.58. The number of rotatable bonds is 8. The summed E-state index contributed by atoms with van der Waals surface area (Å²) < 4.78 is 9.61. The van der Waals surface area contributed by atoms with E-state index in [-0.39, 0.29) is 13.2 Å². The van der Waals surface area contributed by atoms with Gasteiger partial charge in [-0.05, 0) is 6.42 Å². The second-order valence-corrected chi connectivity index (χ2v) is 2.97. The summed E-state index contributed by atoms with van der Waals surface area (Å²) in [5.41, 5.74) is 0. The Morgan fingerprint density at radius 1 is 1.47 bits per heavy atom. The average molecular weight is 219 g/mol. The summed E-state index contributed by atoms with van der Waals surface area (Å²) in [4.78, 5) is 21.8. The van der Waals surface area contributed by atoms with Crippen molar-refractivity contribution in [1.29, 1.82) is 0 Å². The largest absolute Gasteiger partial charge is 0.480 e. The van der Waals surface area contributed by atoms with Crippen molar-refractivity contribution in [2.75, 3.05) is 26.9 Å². The minimum atomic E-state index is -1.12. The number of carboxylic acids is 1. The number of methoxy groups -OCH3 is 1. The Hall–Kier alpha value is -1.14. The van der Waals surface area contributed by atoms with Crippen LogP contribution >= 0.6 is 0 Å². The zero-order chi connectivity index (χ0) is 11.7. The standard InChI is InChI=1S/C9H17NO5/c1-3-4-15-6-8(11)10-7(5-14-2)9(12)13/h7H,3-6H2,1-2H3,(H,10,11)(H,12,13). The predicted octanol–water partition coefficient (Wildman–Crippen LogP) is -0.371. The summed E-state index contributed by atoms with van der Waals surface area (Å²) >= 11 is 0. The third kappa shape index (κ3) is 6.87. The van der Waals surface area contributed by atoms with Crippen molar-refractivity contribution in [3.8, 4) is 0 Å². The van der Waals surface area contributed by atoms with Gasteiger partial charge in [-0.15, -0.1) is 0 Å². The fourth-order valence-electron chi connectivity index (χ4n) is 0.887. The normalized spacial score (nSPS) is 12.1. The molecule has 6 nitrogen and oxygen atoms in total. The molecule has 0 aromatic heterocycles. The molecule has 1 atom stereocenters. The Kier molecular flexibility index (Phi) is 7.57. The van der Waals surface area contributed by atoms with E-state index in [4.69, 9.17) is 9.84 Å². The van der Waals surface area contributed by atoms with Crippen LogP contribution in [-0.4, -0.2) is 50.0 Å². The topological polar surface area (TPSA) is 84.9 Å². The number of carboxylic acid groups (broad SMARTS) is 1. The lowest BCUT2D eigenvalue weighted by atomic mass is 10.3. The molecule has 0 aliphatic rings. The first kappa shape index (κ1) is 13.9. The van der Waals surface area contributed by atoms with Crippen molar-refractivity contribution in [3.63, 3.8) is 0 Å². The van der Waals surface area contributed by atoms with Crippen molar-refractivity contribution in [3.05, 3.63) is 0 Å². The van der Waals surface area contributed by atoms with Crippen molar-refractivity contribution >= 4 is 11.9 Å². The molecule has 0 fully saturated rings. The summed E-state index contributed by atoms with van der Waals surface area (Å²) in [6, 6.07) is -1.02. The summed E-state index contributed by atoms with van der Waals surface area (Å²) in [5, 5.41) is 11.0. The number of hydrogen-bond donors (Lipinski definition) is 2. The molecule has 0 rings (SSSR count). The molecule has 0 aromatic carbocycles. The second-order valence-electron chi connectivity index (χ2n) is 2.97. The maximum Gasteiger partial charge on any atom is 0.328 e. The van der Waals surface area contributed by atoms with Crippen molar-refractivity contribution in [2.45, 2.75) is 19.4 Å². The first-order valence-electron chi connectivity index (χ1n) is 4.70. The van der Waals surface area contributed by atoms with Gasteiger partial charge in [0.2, 0.25) is 5.91 Å². The Morgan fingerprint density at radius 2 is 2.13 bits per heavy atom. The molecule has 15 heavy (non-hydrogen) atoms. The van der Waals surface area contributed by atoms with Gasteiger partial charge in [-0.25, -0.2) is 4.79 Å². The minimum Gasteiger partial charge on any atom is -0.480 e. The van der Waals surface area contributed by atoms with Gasteiger partial charge in [-0.2, -0.15) is 0 Å². The van der Waals surface area contributed by atoms with Crippen LogP contribution in [-0.2, 0) is 19.1 Å². The van der Waals surface area contributed by atoms with Gasteiger partial charge in [0.25, 0.3) is 0 Å². The molecule has 0 radical (unpaired) electrons. The van der Waals surface area contributed by atoms with Crippen LogP contribution < -0.4 is 5.32 Å². The van der Waals surface area contributed by atoms with Gasteiger partial charge in [-0.1, -0.05) is 6.92 Å². The zero-order valence-electron chi connectivity index (χ0n) is 8.99. The summed E-state index contributed by atoms with van der Waals surface area (Å²) in [6.07, 6.45) is 0.813. The maximum absolute atomic E-state index is 11.2. The van der Waals surface area contributed by atoms with Crippen LogP contribution in [0.25, 0.3) is 0 Å². The van der Waals surface area contributed by atoms with Crippen LogP contribution in [0.4, 0.5) is 0 Å². The summed E-state index contributed by atoms with van der Waals surface area (Å²) in [7, 11) is 1.37. The Bertz CT molecular complexity index is 207. The highest BCUT2D eigenvalue weighted by atomic mass is 16.5. The highest BCUT2D eigenvalue weighted by Gasteiger charge is 2.19. The molecule has 2 N–H and O–H groups in total. The first-order chi connectivity index (χ1) is 7.11. The van der Waals surface area contributed by atoms with E-state index in [1.807, 2.05) is 6.92 Å². The zero-order valence-corrected chi connectivity index (χ0v) is 8.99. The molecule has 0 saturated carbocycles. The monoisotopic (exact) mass is 219 g/mol. The minimum absolute atomic E-state index is 0.0607. The first-order valence-corrected chi connectivity index (χ1v) is 4.70. The number of amides is 1. The van der Waals surface area contributed by atoms with E-state index >= 15 is 0 Å². The molecule has 1 amide bonds. The molecular formula is C9H17NO5. The van der Waals surface area contributed by atoms with E-state index in [1.165, 1.54) is 7.11 Å². The van der Waals surface area contributed by atoms with E-state index in [1.54, 1.807) is 0 Å². The van der Waals surface area contributed by atoms with Gasteiger partial charge in [0.05, 0.1) is 6.61 Å². The molecule has 1 unspecified atom stereocenters. The van der Waals surface area contributed by atoms with Crippen LogP contribution in [0.2, 0.25) is 0 Å². The van der Waals surface area contributed by atoms with Crippen LogP contribution in [0.5, 0.6) is 0 Å². The lowest BCUT2D eigenvalue weighted by Gasteiger charge is -2.13. The smallest absolute Gasteiger partial charge is 0.328 e.